The highest BCUT2D eigenvalue weighted by Gasteiger charge is 2.16. The van der Waals surface area contributed by atoms with Gasteiger partial charge in [0.25, 0.3) is 17.4 Å². The lowest BCUT2D eigenvalue weighted by molar-refractivity contribution is 0.102. The zero-order chi connectivity index (χ0) is 18.1. The summed E-state index contributed by atoms with van der Waals surface area (Å²) in [6, 6.07) is 3.03. The van der Waals surface area contributed by atoms with Gasteiger partial charge in [-0.05, 0) is 33.3 Å². The molecule has 0 aliphatic carbocycles. The van der Waals surface area contributed by atoms with E-state index in [9.17, 15) is 9.59 Å². The van der Waals surface area contributed by atoms with Crippen molar-refractivity contribution >= 4 is 22.4 Å². The summed E-state index contributed by atoms with van der Waals surface area (Å²) in [6.07, 6.45) is 0.858. The highest BCUT2D eigenvalue weighted by molar-refractivity contribution is 7.15. The second-order valence-corrected chi connectivity index (χ2v) is 6.71. The maximum Gasteiger partial charge on any atom is 0.275 e. The van der Waals surface area contributed by atoms with Gasteiger partial charge in [-0.2, -0.15) is 4.68 Å². The molecule has 0 aliphatic heterocycles. The minimum Gasteiger partial charge on any atom is -0.296 e. The van der Waals surface area contributed by atoms with Crippen LogP contribution in [-0.2, 0) is 6.42 Å². The number of nitrogens with one attached hydrogen (secondary N) is 2. The SMILES string of the molecule is CCc1sc(NC(=O)c2cc(=O)n(-c3nc(C)cc(C)n3)[nH]2)nc1C. The molecule has 0 spiro atoms. The van der Waals surface area contributed by atoms with E-state index in [0.29, 0.717) is 5.13 Å². The van der Waals surface area contributed by atoms with Gasteiger partial charge < -0.3 is 0 Å². The van der Waals surface area contributed by atoms with Crippen molar-refractivity contribution in [1.82, 2.24) is 24.7 Å². The molecule has 3 aromatic heterocycles. The van der Waals surface area contributed by atoms with Crippen molar-refractivity contribution in [3.05, 3.63) is 50.1 Å². The predicted molar refractivity (Wildman–Crippen MR) is 95.6 cm³/mol. The van der Waals surface area contributed by atoms with Gasteiger partial charge in [0.1, 0.15) is 5.69 Å². The highest BCUT2D eigenvalue weighted by Crippen LogP contribution is 2.23. The number of aromatic amines is 1. The van der Waals surface area contributed by atoms with Crippen LogP contribution in [-0.4, -0.2) is 30.6 Å². The monoisotopic (exact) mass is 358 g/mol. The number of carbonyl (C=O) groups excluding carboxylic acids is 1. The van der Waals surface area contributed by atoms with Gasteiger partial charge in [0.15, 0.2) is 5.13 Å². The molecule has 2 N–H and O–H groups in total. The molecule has 3 rings (SSSR count). The lowest BCUT2D eigenvalue weighted by Crippen LogP contribution is -2.17. The van der Waals surface area contributed by atoms with Gasteiger partial charge in [0, 0.05) is 22.3 Å². The van der Waals surface area contributed by atoms with Crippen molar-refractivity contribution in [3.8, 4) is 5.95 Å². The average Bonchev–Trinajstić information content (AvgIpc) is 3.09. The Labute approximate surface area is 148 Å². The largest absolute Gasteiger partial charge is 0.296 e. The quantitative estimate of drug-likeness (QED) is 0.743. The lowest BCUT2D eigenvalue weighted by Gasteiger charge is -2.03. The van der Waals surface area contributed by atoms with E-state index in [0.717, 1.165) is 33.1 Å². The second-order valence-electron chi connectivity index (χ2n) is 5.63. The number of aromatic nitrogens is 5. The number of amides is 1. The van der Waals surface area contributed by atoms with Gasteiger partial charge in [-0.25, -0.2) is 15.0 Å². The molecule has 0 fully saturated rings. The zero-order valence-corrected chi connectivity index (χ0v) is 15.2. The minimum atomic E-state index is -0.434. The Morgan fingerprint density at radius 1 is 1.20 bits per heavy atom. The van der Waals surface area contributed by atoms with Crippen LogP contribution in [0.15, 0.2) is 16.9 Å². The molecule has 9 heteroatoms. The Kier molecular flexibility index (Phi) is 4.49. The van der Waals surface area contributed by atoms with Gasteiger partial charge in [-0.3, -0.25) is 20.0 Å². The van der Waals surface area contributed by atoms with Crippen molar-refractivity contribution in [1.29, 1.82) is 0 Å². The average molecular weight is 358 g/mol. The number of rotatable bonds is 4. The van der Waals surface area contributed by atoms with E-state index in [-0.39, 0.29) is 11.6 Å². The van der Waals surface area contributed by atoms with Crippen LogP contribution in [0.5, 0.6) is 0 Å². The zero-order valence-electron chi connectivity index (χ0n) is 14.4. The van der Waals surface area contributed by atoms with E-state index >= 15 is 0 Å². The molecule has 1 amide bonds. The maximum atomic E-state index is 12.4. The van der Waals surface area contributed by atoms with E-state index in [1.54, 1.807) is 6.07 Å². The maximum absolute atomic E-state index is 12.4. The molecule has 0 atom stereocenters. The molecule has 0 aliphatic rings. The van der Waals surface area contributed by atoms with Gasteiger partial charge in [-0.1, -0.05) is 6.92 Å². The number of aryl methyl sites for hydroxylation is 4. The van der Waals surface area contributed by atoms with Crippen molar-refractivity contribution in [2.45, 2.75) is 34.1 Å². The number of nitrogens with zero attached hydrogens (tertiary/aromatic N) is 4. The first-order valence-electron chi connectivity index (χ1n) is 7.79. The molecule has 3 heterocycles. The van der Waals surface area contributed by atoms with Crippen LogP contribution >= 0.6 is 11.3 Å². The third kappa shape index (κ3) is 3.50. The van der Waals surface area contributed by atoms with E-state index in [4.69, 9.17) is 0 Å². The number of H-pyrrole nitrogens is 1. The summed E-state index contributed by atoms with van der Waals surface area (Å²) in [5.41, 5.74) is 2.09. The third-order valence-corrected chi connectivity index (χ3v) is 4.79. The number of hydrogen-bond donors (Lipinski definition) is 2. The molecule has 3 aromatic rings. The van der Waals surface area contributed by atoms with Crippen LogP contribution in [0.1, 0.15) is 39.4 Å². The summed E-state index contributed by atoms with van der Waals surface area (Å²) in [5, 5.41) is 5.97. The van der Waals surface area contributed by atoms with Crippen LogP contribution in [0.3, 0.4) is 0 Å². The fraction of sp³-hybridized carbons (Fsp3) is 0.312. The molecule has 25 heavy (non-hydrogen) atoms. The van der Waals surface area contributed by atoms with Gasteiger partial charge >= 0.3 is 0 Å². The third-order valence-electron chi connectivity index (χ3n) is 3.57. The van der Waals surface area contributed by atoms with Crippen molar-refractivity contribution < 1.29 is 4.79 Å². The summed E-state index contributed by atoms with van der Waals surface area (Å²) in [5.74, 6) is -0.225. The Balaban J connectivity index is 1.88. The Hall–Kier alpha value is -2.81. The molecule has 0 unspecified atom stereocenters. The first-order valence-corrected chi connectivity index (χ1v) is 8.61. The van der Waals surface area contributed by atoms with Crippen LogP contribution in [0, 0.1) is 20.8 Å². The fourth-order valence-corrected chi connectivity index (χ4v) is 3.34. The van der Waals surface area contributed by atoms with Gasteiger partial charge in [0.2, 0.25) is 0 Å². The first-order chi connectivity index (χ1) is 11.9. The van der Waals surface area contributed by atoms with Crippen molar-refractivity contribution in [3.63, 3.8) is 0 Å². The summed E-state index contributed by atoms with van der Waals surface area (Å²) in [6.45, 7) is 7.57. The fourth-order valence-electron chi connectivity index (χ4n) is 2.44. The Morgan fingerprint density at radius 2 is 1.88 bits per heavy atom. The molecule has 0 bridgehead atoms. The molecule has 0 aromatic carbocycles. The molecule has 0 radical (unpaired) electrons. The number of carbonyl (C=O) groups is 1. The number of thiazole rings is 1. The van der Waals surface area contributed by atoms with Gasteiger partial charge in [-0.15, -0.1) is 11.3 Å². The molecular weight excluding hydrogens is 340 g/mol. The number of hydrogen-bond acceptors (Lipinski definition) is 6. The summed E-state index contributed by atoms with van der Waals surface area (Å²) < 4.78 is 1.15. The molecule has 0 saturated heterocycles. The summed E-state index contributed by atoms with van der Waals surface area (Å²) >= 11 is 1.43. The van der Waals surface area contributed by atoms with E-state index in [1.807, 2.05) is 27.7 Å². The van der Waals surface area contributed by atoms with Gasteiger partial charge in [0.05, 0.1) is 5.69 Å². The summed E-state index contributed by atoms with van der Waals surface area (Å²) in [7, 11) is 0. The summed E-state index contributed by atoms with van der Waals surface area (Å²) in [4.78, 5) is 38.5. The standard InChI is InChI=1S/C16H18N6O2S/c1-5-12-10(4)19-16(25-12)20-14(24)11-7-13(23)22(21-11)15-17-8(2)6-9(3)18-15/h6-7,21H,5H2,1-4H3,(H,19,20,24). The minimum absolute atomic E-state index is 0.124. The second kappa shape index (κ2) is 6.60. The van der Waals surface area contributed by atoms with Crippen LogP contribution in [0.25, 0.3) is 5.95 Å². The topological polar surface area (TPSA) is 106 Å². The van der Waals surface area contributed by atoms with E-state index in [2.05, 4.69) is 25.4 Å². The van der Waals surface area contributed by atoms with Crippen LogP contribution < -0.4 is 10.9 Å². The van der Waals surface area contributed by atoms with E-state index in [1.165, 1.54) is 17.4 Å². The van der Waals surface area contributed by atoms with Crippen molar-refractivity contribution in [2.75, 3.05) is 5.32 Å². The van der Waals surface area contributed by atoms with E-state index < -0.39 is 11.5 Å². The normalized spacial score (nSPS) is 10.9. The first kappa shape index (κ1) is 17.0. The van der Waals surface area contributed by atoms with Crippen molar-refractivity contribution in [2.24, 2.45) is 0 Å². The van der Waals surface area contributed by atoms with Crippen LogP contribution in [0.2, 0.25) is 0 Å². The lowest BCUT2D eigenvalue weighted by atomic mass is 10.3. The number of anilines is 1. The smallest absolute Gasteiger partial charge is 0.275 e. The predicted octanol–water partition coefficient (Wildman–Crippen LogP) is 2.15. The molecule has 0 saturated carbocycles. The Morgan fingerprint density at radius 3 is 2.48 bits per heavy atom. The highest BCUT2D eigenvalue weighted by atomic mass is 32.1. The molecular formula is C16H18N6O2S. The molecule has 8 nitrogen and oxygen atoms in total. The molecule has 130 valence electrons. The Bertz CT molecular complexity index is 980. The van der Waals surface area contributed by atoms with Crippen LogP contribution in [0.4, 0.5) is 5.13 Å².